The van der Waals surface area contributed by atoms with E-state index in [1.165, 1.54) is 12.1 Å². The maximum absolute atomic E-state index is 10.9. The van der Waals surface area contributed by atoms with E-state index >= 15 is 0 Å². The first-order valence-electron chi connectivity index (χ1n) is 5.23. The van der Waals surface area contributed by atoms with Crippen LogP contribution in [0, 0.1) is 16.0 Å². The summed E-state index contributed by atoms with van der Waals surface area (Å²) in [5, 5.41) is 14.5. The molecule has 4 nitrogen and oxygen atoms in total. The van der Waals surface area contributed by atoms with E-state index < -0.39 is 4.92 Å². The van der Waals surface area contributed by atoms with Gasteiger partial charge in [-0.2, -0.15) is 0 Å². The average Bonchev–Trinajstić information content (AvgIpc) is 2.22. The molecule has 1 aromatic rings. The molecule has 0 aliphatic heterocycles. The highest BCUT2D eigenvalue weighted by Crippen LogP contribution is 2.34. The van der Waals surface area contributed by atoms with Crippen molar-refractivity contribution in [3.05, 3.63) is 32.3 Å². The number of nitrogens with one attached hydrogen (secondary N) is 1. The minimum absolute atomic E-state index is 0.0631. The van der Waals surface area contributed by atoms with Gasteiger partial charge >= 0.3 is 0 Å². The highest BCUT2D eigenvalue weighted by Gasteiger charge is 2.19. The number of halogens is 2. The first kappa shape index (κ1) is 14.1. The number of nitrogens with zero attached hydrogens (tertiary/aromatic N) is 1. The van der Waals surface area contributed by atoms with Crippen LogP contribution in [-0.2, 0) is 0 Å². The lowest BCUT2D eigenvalue weighted by atomic mass is 10.1. The molecule has 0 fully saturated rings. The van der Waals surface area contributed by atoms with Crippen LogP contribution in [0.2, 0.25) is 10.0 Å². The van der Waals surface area contributed by atoms with E-state index in [1.54, 1.807) is 0 Å². The fraction of sp³-hybridized carbons (Fsp3) is 0.455. The molecule has 0 spiro atoms. The van der Waals surface area contributed by atoms with Crippen molar-refractivity contribution in [1.29, 1.82) is 0 Å². The van der Waals surface area contributed by atoms with Crippen LogP contribution in [0.3, 0.4) is 0 Å². The van der Waals surface area contributed by atoms with Gasteiger partial charge in [0.25, 0.3) is 5.69 Å². The molecule has 1 rings (SSSR count). The first-order valence-corrected chi connectivity index (χ1v) is 5.98. The molecule has 0 radical (unpaired) electrons. The Morgan fingerprint density at radius 1 is 1.24 bits per heavy atom. The molecular weight excluding hydrogens is 263 g/mol. The molecule has 0 aliphatic carbocycles. The van der Waals surface area contributed by atoms with Crippen LogP contribution >= 0.6 is 23.2 Å². The Hall–Kier alpha value is -1.00. The number of nitro benzene ring substituents is 1. The van der Waals surface area contributed by atoms with E-state index in [9.17, 15) is 10.1 Å². The van der Waals surface area contributed by atoms with Gasteiger partial charge in [-0.05, 0) is 18.9 Å². The maximum Gasteiger partial charge on any atom is 0.293 e. The van der Waals surface area contributed by atoms with Gasteiger partial charge in [0.15, 0.2) is 0 Å². The van der Waals surface area contributed by atoms with Gasteiger partial charge in [-0.25, -0.2) is 0 Å². The third-order valence-corrected chi connectivity index (χ3v) is 3.34. The summed E-state index contributed by atoms with van der Waals surface area (Å²) in [6.07, 6.45) is 0. The quantitative estimate of drug-likeness (QED) is 0.657. The predicted molar refractivity (Wildman–Crippen MR) is 71.0 cm³/mol. The van der Waals surface area contributed by atoms with Gasteiger partial charge in [0.2, 0.25) is 0 Å². The topological polar surface area (TPSA) is 55.2 Å². The highest BCUT2D eigenvalue weighted by molar-refractivity contribution is 6.42. The summed E-state index contributed by atoms with van der Waals surface area (Å²) in [6, 6.07) is 2.85. The summed E-state index contributed by atoms with van der Waals surface area (Å²) in [4.78, 5) is 10.4. The van der Waals surface area contributed by atoms with E-state index in [0.29, 0.717) is 16.6 Å². The van der Waals surface area contributed by atoms with Gasteiger partial charge in [0, 0.05) is 12.1 Å². The molecular formula is C11H14Cl2N2O2. The summed E-state index contributed by atoms with van der Waals surface area (Å²) in [7, 11) is 0. The molecule has 0 heterocycles. The standard InChI is InChI=1S/C11H14Cl2N2O2/c1-6(2)7(3)14-10-4-8(12)9(13)5-11(10)15(16)17/h4-7,14H,1-3H3. The van der Waals surface area contributed by atoms with Crippen LogP contribution in [0.1, 0.15) is 20.8 Å². The molecule has 6 heteroatoms. The lowest BCUT2D eigenvalue weighted by Crippen LogP contribution is -2.22. The average molecular weight is 277 g/mol. The Balaban J connectivity index is 3.13. The summed E-state index contributed by atoms with van der Waals surface area (Å²) < 4.78 is 0. The summed E-state index contributed by atoms with van der Waals surface area (Å²) in [5.41, 5.74) is 0.331. The Morgan fingerprint density at radius 2 is 1.76 bits per heavy atom. The molecule has 1 unspecified atom stereocenters. The third-order valence-electron chi connectivity index (χ3n) is 2.62. The summed E-state index contributed by atoms with van der Waals surface area (Å²) in [5.74, 6) is 0.351. The SMILES string of the molecule is CC(C)C(C)Nc1cc(Cl)c(Cl)cc1[N+](=O)[O-]. The lowest BCUT2D eigenvalue weighted by Gasteiger charge is -2.19. The second-order valence-electron chi connectivity index (χ2n) is 4.22. The van der Waals surface area contributed by atoms with Gasteiger partial charge in [0.05, 0.1) is 15.0 Å². The van der Waals surface area contributed by atoms with Crippen LogP contribution < -0.4 is 5.32 Å². The van der Waals surface area contributed by atoms with Gasteiger partial charge in [-0.1, -0.05) is 37.0 Å². The third kappa shape index (κ3) is 3.48. The maximum atomic E-state index is 10.9. The molecule has 0 saturated heterocycles. The number of anilines is 1. The van der Waals surface area contributed by atoms with Crippen molar-refractivity contribution in [1.82, 2.24) is 0 Å². The minimum Gasteiger partial charge on any atom is -0.377 e. The molecule has 94 valence electrons. The normalized spacial score (nSPS) is 12.6. The van der Waals surface area contributed by atoms with Crippen LogP contribution in [0.4, 0.5) is 11.4 Å². The van der Waals surface area contributed by atoms with Crippen molar-refractivity contribution in [2.24, 2.45) is 5.92 Å². The van der Waals surface area contributed by atoms with Crippen LogP contribution in [0.5, 0.6) is 0 Å². The number of hydrogen-bond acceptors (Lipinski definition) is 3. The number of hydrogen-bond donors (Lipinski definition) is 1. The van der Waals surface area contributed by atoms with Gasteiger partial charge in [-0.3, -0.25) is 10.1 Å². The summed E-state index contributed by atoms with van der Waals surface area (Å²) >= 11 is 11.6. The first-order chi connectivity index (χ1) is 7.82. The van der Waals surface area contributed by atoms with Crippen LogP contribution in [0.25, 0.3) is 0 Å². The second kappa shape index (κ2) is 5.56. The Bertz CT molecular complexity index is 436. The number of rotatable bonds is 4. The second-order valence-corrected chi connectivity index (χ2v) is 5.03. The van der Waals surface area contributed by atoms with Crippen LogP contribution in [0.15, 0.2) is 12.1 Å². The molecule has 1 atom stereocenters. The zero-order valence-corrected chi connectivity index (χ0v) is 11.3. The fourth-order valence-corrected chi connectivity index (χ4v) is 1.54. The Labute approximate surface area is 110 Å². The monoisotopic (exact) mass is 276 g/mol. The van der Waals surface area contributed by atoms with Crippen molar-refractivity contribution < 1.29 is 4.92 Å². The molecule has 1 N–H and O–H groups in total. The van der Waals surface area contributed by atoms with E-state index in [-0.39, 0.29) is 16.8 Å². The predicted octanol–water partition coefficient (Wildman–Crippen LogP) is 4.36. The molecule has 17 heavy (non-hydrogen) atoms. The van der Waals surface area contributed by atoms with Crippen molar-refractivity contribution in [3.8, 4) is 0 Å². The minimum atomic E-state index is -0.475. The lowest BCUT2D eigenvalue weighted by molar-refractivity contribution is -0.384. The zero-order valence-electron chi connectivity index (χ0n) is 9.83. The zero-order chi connectivity index (χ0) is 13.2. The Morgan fingerprint density at radius 3 is 2.24 bits per heavy atom. The largest absolute Gasteiger partial charge is 0.377 e. The van der Waals surface area contributed by atoms with Gasteiger partial charge < -0.3 is 5.32 Å². The molecule has 0 aromatic heterocycles. The van der Waals surface area contributed by atoms with E-state index in [0.717, 1.165) is 0 Å². The smallest absolute Gasteiger partial charge is 0.293 e. The van der Waals surface area contributed by atoms with E-state index in [1.807, 2.05) is 20.8 Å². The molecule has 1 aromatic carbocycles. The molecule has 0 aliphatic rings. The van der Waals surface area contributed by atoms with Gasteiger partial charge in [0.1, 0.15) is 5.69 Å². The van der Waals surface area contributed by atoms with Crippen molar-refractivity contribution in [2.45, 2.75) is 26.8 Å². The summed E-state index contributed by atoms with van der Waals surface area (Å²) in [6.45, 7) is 6.01. The van der Waals surface area contributed by atoms with Gasteiger partial charge in [-0.15, -0.1) is 0 Å². The molecule has 0 amide bonds. The highest BCUT2D eigenvalue weighted by atomic mass is 35.5. The van der Waals surface area contributed by atoms with E-state index in [4.69, 9.17) is 23.2 Å². The van der Waals surface area contributed by atoms with Crippen molar-refractivity contribution in [2.75, 3.05) is 5.32 Å². The van der Waals surface area contributed by atoms with E-state index in [2.05, 4.69) is 5.32 Å². The van der Waals surface area contributed by atoms with Crippen LogP contribution in [-0.4, -0.2) is 11.0 Å². The van der Waals surface area contributed by atoms with Crippen molar-refractivity contribution in [3.63, 3.8) is 0 Å². The fourth-order valence-electron chi connectivity index (χ4n) is 1.21. The Kier molecular flexibility index (Phi) is 4.60. The number of benzene rings is 1. The van der Waals surface area contributed by atoms with Crippen molar-refractivity contribution >= 4 is 34.6 Å². The molecule has 0 saturated carbocycles. The number of nitro groups is 1. The molecule has 0 bridgehead atoms.